The molecule has 2 aromatic heterocycles. The van der Waals surface area contributed by atoms with Crippen LogP contribution in [0.1, 0.15) is 50.0 Å². The van der Waals surface area contributed by atoms with Crippen molar-refractivity contribution in [2.24, 2.45) is 5.92 Å². The first-order valence-electron chi connectivity index (χ1n) is 8.52. The first kappa shape index (κ1) is 16.9. The third-order valence-electron chi connectivity index (χ3n) is 4.22. The standard InChI is InChI=1S/C16H23N5O2S/c1-3-4-7-17-14(23)12-9-13(22)18-15-21(12)19-16(24-15)20-8-5-6-11(2)10-20/h9,11H,3-8,10H2,1-2H3,(H,17,23). The summed E-state index contributed by atoms with van der Waals surface area (Å²) in [6.07, 6.45) is 4.26. The molecule has 1 aliphatic heterocycles. The first-order chi connectivity index (χ1) is 11.6. The Morgan fingerprint density at radius 2 is 2.33 bits per heavy atom. The predicted octanol–water partition coefficient (Wildman–Crippen LogP) is 1.92. The van der Waals surface area contributed by atoms with Crippen LogP contribution in [0.3, 0.4) is 0 Å². The Balaban J connectivity index is 1.92. The lowest BCUT2D eigenvalue weighted by molar-refractivity contribution is 0.0945. The van der Waals surface area contributed by atoms with E-state index in [1.165, 1.54) is 28.3 Å². The van der Waals surface area contributed by atoms with E-state index in [0.29, 0.717) is 17.4 Å². The molecular weight excluding hydrogens is 326 g/mol. The molecule has 1 unspecified atom stereocenters. The Hall–Kier alpha value is -1.96. The highest BCUT2D eigenvalue weighted by molar-refractivity contribution is 7.20. The largest absolute Gasteiger partial charge is 0.351 e. The fraction of sp³-hybridized carbons (Fsp3) is 0.625. The number of carbonyl (C=O) groups excluding carboxylic acids is 1. The topological polar surface area (TPSA) is 79.6 Å². The predicted molar refractivity (Wildman–Crippen MR) is 95.0 cm³/mol. The van der Waals surface area contributed by atoms with E-state index in [1.54, 1.807) is 0 Å². The van der Waals surface area contributed by atoms with Crippen molar-refractivity contribution in [3.05, 3.63) is 22.1 Å². The van der Waals surface area contributed by atoms with Gasteiger partial charge in [0.05, 0.1) is 0 Å². The molecule has 1 saturated heterocycles. The number of aromatic nitrogens is 3. The minimum atomic E-state index is -0.405. The zero-order valence-electron chi connectivity index (χ0n) is 14.1. The van der Waals surface area contributed by atoms with Crippen molar-refractivity contribution in [1.29, 1.82) is 0 Å². The number of rotatable bonds is 5. The number of unbranched alkanes of at least 4 members (excludes halogenated alkanes) is 1. The van der Waals surface area contributed by atoms with Gasteiger partial charge >= 0.3 is 0 Å². The maximum Gasteiger partial charge on any atom is 0.274 e. The molecule has 1 amide bonds. The second-order valence-corrected chi connectivity index (χ2v) is 7.30. The zero-order valence-corrected chi connectivity index (χ0v) is 14.9. The molecule has 0 saturated carbocycles. The number of hydrogen-bond donors (Lipinski definition) is 1. The number of carbonyl (C=O) groups is 1. The third-order valence-corrected chi connectivity index (χ3v) is 5.19. The van der Waals surface area contributed by atoms with Crippen molar-refractivity contribution in [2.45, 2.75) is 39.5 Å². The van der Waals surface area contributed by atoms with Crippen LogP contribution in [0.25, 0.3) is 4.96 Å². The molecule has 2 aromatic rings. The van der Waals surface area contributed by atoms with Gasteiger partial charge in [-0.2, -0.15) is 9.50 Å². The molecule has 3 heterocycles. The van der Waals surface area contributed by atoms with Gasteiger partial charge in [-0.05, 0) is 25.2 Å². The molecule has 8 heteroatoms. The van der Waals surface area contributed by atoms with Crippen LogP contribution in [0, 0.1) is 5.92 Å². The molecule has 0 spiro atoms. The van der Waals surface area contributed by atoms with E-state index in [2.05, 4.69) is 34.1 Å². The molecule has 3 rings (SSSR count). The van der Waals surface area contributed by atoms with E-state index in [9.17, 15) is 9.59 Å². The fourth-order valence-electron chi connectivity index (χ4n) is 2.93. The molecule has 130 valence electrons. The van der Waals surface area contributed by atoms with Crippen LogP contribution in [0.4, 0.5) is 5.13 Å². The van der Waals surface area contributed by atoms with Crippen LogP contribution in [-0.4, -0.2) is 40.1 Å². The van der Waals surface area contributed by atoms with Gasteiger partial charge in [-0.15, -0.1) is 5.10 Å². The van der Waals surface area contributed by atoms with E-state index in [0.717, 1.165) is 37.5 Å². The first-order valence-corrected chi connectivity index (χ1v) is 9.34. The van der Waals surface area contributed by atoms with Gasteiger partial charge in [0.15, 0.2) is 0 Å². The summed E-state index contributed by atoms with van der Waals surface area (Å²) in [5.41, 5.74) is -0.147. The summed E-state index contributed by atoms with van der Waals surface area (Å²) in [6, 6.07) is 1.26. The van der Waals surface area contributed by atoms with Crippen molar-refractivity contribution < 1.29 is 4.79 Å². The normalized spacial score (nSPS) is 18.1. The van der Waals surface area contributed by atoms with Crippen molar-refractivity contribution in [3.63, 3.8) is 0 Å². The van der Waals surface area contributed by atoms with Crippen LogP contribution in [-0.2, 0) is 0 Å². The minimum absolute atomic E-state index is 0.258. The molecule has 0 aromatic carbocycles. The average Bonchev–Trinajstić information content (AvgIpc) is 2.98. The Bertz CT molecular complexity index is 784. The summed E-state index contributed by atoms with van der Waals surface area (Å²) >= 11 is 1.37. The molecule has 7 nitrogen and oxygen atoms in total. The smallest absolute Gasteiger partial charge is 0.274 e. The van der Waals surface area contributed by atoms with Gasteiger partial charge in [-0.1, -0.05) is 31.6 Å². The summed E-state index contributed by atoms with van der Waals surface area (Å²) in [7, 11) is 0. The molecule has 0 aliphatic carbocycles. The van der Waals surface area contributed by atoms with Crippen molar-refractivity contribution in [2.75, 3.05) is 24.5 Å². The van der Waals surface area contributed by atoms with Crippen LogP contribution in [0.15, 0.2) is 10.9 Å². The van der Waals surface area contributed by atoms with Crippen LogP contribution < -0.4 is 15.8 Å². The van der Waals surface area contributed by atoms with E-state index in [-0.39, 0.29) is 11.6 Å². The number of nitrogens with one attached hydrogen (secondary N) is 1. The van der Waals surface area contributed by atoms with Gasteiger partial charge < -0.3 is 10.2 Å². The van der Waals surface area contributed by atoms with Gasteiger partial charge in [0, 0.05) is 25.7 Å². The average molecular weight is 349 g/mol. The van der Waals surface area contributed by atoms with Crippen LogP contribution >= 0.6 is 11.3 Å². The van der Waals surface area contributed by atoms with E-state index in [1.807, 2.05) is 0 Å². The molecule has 24 heavy (non-hydrogen) atoms. The van der Waals surface area contributed by atoms with Crippen molar-refractivity contribution in [1.82, 2.24) is 19.9 Å². The van der Waals surface area contributed by atoms with Gasteiger partial charge in [0.1, 0.15) is 5.69 Å². The molecule has 1 atom stereocenters. The monoisotopic (exact) mass is 349 g/mol. The Morgan fingerprint density at radius 1 is 1.50 bits per heavy atom. The van der Waals surface area contributed by atoms with Gasteiger partial charge in [0.25, 0.3) is 11.5 Å². The van der Waals surface area contributed by atoms with Gasteiger partial charge in [-0.25, -0.2) is 0 Å². The second kappa shape index (κ2) is 7.29. The van der Waals surface area contributed by atoms with Crippen LogP contribution in [0.2, 0.25) is 0 Å². The summed E-state index contributed by atoms with van der Waals surface area (Å²) in [6.45, 7) is 6.78. The van der Waals surface area contributed by atoms with Gasteiger partial charge in [-0.3, -0.25) is 9.59 Å². The zero-order chi connectivity index (χ0) is 17.1. The highest BCUT2D eigenvalue weighted by Gasteiger charge is 2.22. The molecule has 1 N–H and O–H groups in total. The number of nitrogens with zero attached hydrogens (tertiary/aromatic N) is 4. The maximum absolute atomic E-state index is 12.4. The molecule has 0 radical (unpaired) electrons. The summed E-state index contributed by atoms with van der Waals surface area (Å²) in [5, 5.41) is 8.22. The number of fused-ring (bicyclic) bond motifs is 1. The maximum atomic E-state index is 12.4. The number of anilines is 1. The Kier molecular flexibility index (Phi) is 5.13. The van der Waals surface area contributed by atoms with E-state index in [4.69, 9.17) is 0 Å². The number of hydrogen-bond acceptors (Lipinski definition) is 6. The van der Waals surface area contributed by atoms with Crippen molar-refractivity contribution in [3.8, 4) is 0 Å². The molecule has 1 fully saturated rings. The molecule has 0 bridgehead atoms. The summed E-state index contributed by atoms with van der Waals surface area (Å²) < 4.78 is 1.50. The summed E-state index contributed by atoms with van der Waals surface area (Å²) in [4.78, 5) is 30.9. The second-order valence-electron chi connectivity index (χ2n) is 6.36. The number of piperidine rings is 1. The lowest BCUT2D eigenvalue weighted by Crippen LogP contribution is -2.34. The Labute approximate surface area is 144 Å². The van der Waals surface area contributed by atoms with E-state index >= 15 is 0 Å². The lowest BCUT2D eigenvalue weighted by atomic mass is 10.0. The third kappa shape index (κ3) is 3.58. The van der Waals surface area contributed by atoms with E-state index < -0.39 is 5.56 Å². The highest BCUT2D eigenvalue weighted by atomic mass is 32.1. The lowest BCUT2D eigenvalue weighted by Gasteiger charge is -2.30. The Morgan fingerprint density at radius 3 is 3.08 bits per heavy atom. The van der Waals surface area contributed by atoms with Crippen molar-refractivity contribution >= 4 is 27.3 Å². The molecule has 1 aliphatic rings. The molecular formula is C16H23N5O2S. The van der Waals surface area contributed by atoms with Crippen LogP contribution in [0.5, 0.6) is 0 Å². The fourth-order valence-corrected chi connectivity index (χ4v) is 3.87. The number of amides is 1. The van der Waals surface area contributed by atoms with Gasteiger partial charge in [0.2, 0.25) is 10.1 Å². The minimum Gasteiger partial charge on any atom is -0.351 e. The quantitative estimate of drug-likeness (QED) is 0.834. The summed E-state index contributed by atoms with van der Waals surface area (Å²) in [5.74, 6) is 0.345. The highest BCUT2D eigenvalue weighted by Crippen LogP contribution is 2.27. The SMILES string of the molecule is CCCCNC(=O)c1cc(=O)nc2sc(N3CCCC(C)C3)nn12.